The minimum Gasteiger partial charge on any atom is -0.458 e. The van der Waals surface area contributed by atoms with Crippen LogP contribution in [0.1, 0.15) is 35.0 Å². The maximum absolute atomic E-state index is 13.7. The Balaban J connectivity index is 1.46. The number of nitrogens with one attached hydrogen (secondary N) is 2. The number of pyridine rings is 1. The van der Waals surface area contributed by atoms with Crippen molar-refractivity contribution in [2.24, 2.45) is 0 Å². The van der Waals surface area contributed by atoms with E-state index in [1.165, 1.54) is 17.4 Å². The number of carbonyl (C=O) groups is 2. The van der Waals surface area contributed by atoms with E-state index in [2.05, 4.69) is 27.1 Å². The number of nitrogens with zero attached hydrogens (tertiary/aromatic N) is 3. The summed E-state index contributed by atoms with van der Waals surface area (Å²) in [6.45, 7) is 8.85. The molecular weight excluding hydrogens is 517 g/mol. The topological polar surface area (TPSA) is 86.8 Å². The van der Waals surface area contributed by atoms with Gasteiger partial charge in [-0.25, -0.2) is 14.2 Å². The standard InChI is InChI=1S/C29H30FN5O3S/c1-5-18(30)15-20(6-2)38-21-9-10-22(17(3)14-21)35-23-11-12-31-28-24(23)25(33-29(35)37)26(39-28)27(36)32-19-8-7-13-34(4)16-19/h5-6,9-12,14-15,19H,1,7-8,13,16H2,2-4H3,(H,32,36)(H,33,37)/b18-15+,20-6+/t19-/m1/s1. The summed E-state index contributed by atoms with van der Waals surface area (Å²) in [6.07, 6.45) is 7.60. The number of amides is 3. The van der Waals surface area contributed by atoms with Crippen LogP contribution in [0.3, 0.4) is 0 Å². The van der Waals surface area contributed by atoms with E-state index in [1.807, 2.05) is 14.0 Å². The van der Waals surface area contributed by atoms with Crippen LogP contribution in [0, 0.1) is 6.92 Å². The number of ether oxygens (including phenoxy) is 1. The number of aryl methyl sites for hydroxylation is 1. The second kappa shape index (κ2) is 11.0. The van der Waals surface area contributed by atoms with Crippen molar-refractivity contribution in [3.05, 3.63) is 77.3 Å². The number of urea groups is 1. The van der Waals surface area contributed by atoms with E-state index in [-0.39, 0.29) is 18.0 Å². The molecule has 10 heteroatoms. The molecular formula is C29H30FN5O3S. The fourth-order valence-electron chi connectivity index (χ4n) is 4.96. The van der Waals surface area contributed by atoms with Crippen LogP contribution in [0.2, 0.25) is 0 Å². The number of halogens is 1. The number of likely N-dealkylation sites (N-methyl/N-ethyl adjacent to an activating group) is 1. The lowest BCUT2D eigenvalue weighted by Crippen LogP contribution is -2.46. The molecule has 2 aromatic heterocycles. The fourth-order valence-corrected chi connectivity index (χ4v) is 5.99. The molecule has 2 aliphatic rings. The van der Waals surface area contributed by atoms with Crippen LogP contribution in [0.25, 0.3) is 10.2 Å². The lowest BCUT2D eigenvalue weighted by atomic mass is 10.1. The number of thiophene rings is 1. The highest BCUT2D eigenvalue weighted by Crippen LogP contribution is 2.46. The molecule has 0 spiro atoms. The Bertz CT molecular complexity index is 1530. The van der Waals surface area contributed by atoms with Gasteiger partial charge in [-0.2, -0.15) is 0 Å². The molecule has 1 saturated heterocycles. The first-order valence-electron chi connectivity index (χ1n) is 12.8. The van der Waals surface area contributed by atoms with Gasteiger partial charge in [0.15, 0.2) is 0 Å². The lowest BCUT2D eigenvalue weighted by molar-refractivity contribution is 0.0917. The second-order valence-electron chi connectivity index (χ2n) is 9.63. The highest BCUT2D eigenvalue weighted by molar-refractivity contribution is 7.21. The maximum atomic E-state index is 13.7. The Labute approximate surface area is 230 Å². The monoisotopic (exact) mass is 547 g/mol. The van der Waals surface area contributed by atoms with Gasteiger partial charge in [-0.05, 0) is 82.3 Å². The molecule has 202 valence electrons. The van der Waals surface area contributed by atoms with Gasteiger partial charge >= 0.3 is 6.03 Å². The summed E-state index contributed by atoms with van der Waals surface area (Å²) in [7, 11) is 2.05. The molecule has 3 amide bonds. The smallest absolute Gasteiger partial charge is 0.331 e. The van der Waals surface area contributed by atoms with Crippen LogP contribution in [0.15, 0.2) is 66.9 Å². The first-order valence-corrected chi connectivity index (χ1v) is 13.6. The highest BCUT2D eigenvalue weighted by atomic mass is 32.1. The van der Waals surface area contributed by atoms with Crippen LogP contribution in [-0.4, -0.2) is 48.0 Å². The van der Waals surface area contributed by atoms with E-state index in [9.17, 15) is 14.0 Å². The largest absolute Gasteiger partial charge is 0.458 e. The molecule has 0 bridgehead atoms. The number of piperidine rings is 1. The molecule has 39 heavy (non-hydrogen) atoms. The number of rotatable bonds is 7. The van der Waals surface area contributed by atoms with Crippen LogP contribution in [-0.2, 0) is 0 Å². The van der Waals surface area contributed by atoms with Crippen LogP contribution in [0.5, 0.6) is 5.75 Å². The minimum absolute atomic E-state index is 0.0621. The number of likely N-dealkylation sites (tertiary alicyclic amines) is 1. The number of benzene rings is 1. The molecule has 4 heterocycles. The molecule has 3 aromatic rings. The summed E-state index contributed by atoms with van der Waals surface area (Å²) < 4.78 is 19.5. The number of anilines is 3. The Morgan fingerprint density at radius 1 is 1.33 bits per heavy atom. The van der Waals surface area contributed by atoms with E-state index in [4.69, 9.17) is 4.74 Å². The molecule has 0 radical (unpaired) electrons. The van der Waals surface area contributed by atoms with Crippen molar-refractivity contribution < 1.29 is 18.7 Å². The number of hydrogen-bond donors (Lipinski definition) is 2. The molecule has 1 aromatic carbocycles. The predicted octanol–water partition coefficient (Wildman–Crippen LogP) is 6.43. The number of hydrogen-bond acceptors (Lipinski definition) is 6. The Morgan fingerprint density at radius 2 is 2.15 bits per heavy atom. The third-order valence-corrected chi connectivity index (χ3v) is 7.91. The van der Waals surface area contributed by atoms with Gasteiger partial charge < -0.3 is 20.3 Å². The van der Waals surface area contributed by atoms with Gasteiger partial charge in [-0.1, -0.05) is 6.58 Å². The van der Waals surface area contributed by atoms with Crippen LogP contribution >= 0.6 is 11.3 Å². The Morgan fingerprint density at radius 3 is 2.87 bits per heavy atom. The zero-order valence-electron chi connectivity index (χ0n) is 22.1. The van der Waals surface area contributed by atoms with E-state index >= 15 is 0 Å². The van der Waals surface area contributed by atoms with Gasteiger partial charge in [0, 0.05) is 24.9 Å². The van der Waals surface area contributed by atoms with Gasteiger partial charge in [0.2, 0.25) is 0 Å². The summed E-state index contributed by atoms with van der Waals surface area (Å²) in [5.41, 5.74) is 2.56. The molecule has 0 aliphatic carbocycles. The molecule has 2 aliphatic heterocycles. The summed E-state index contributed by atoms with van der Waals surface area (Å²) in [4.78, 5) is 36.2. The minimum atomic E-state index is -0.506. The summed E-state index contributed by atoms with van der Waals surface area (Å²) in [5.74, 6) is 0.124. The van der Waals surface area contributed by atoms with E-state index in [1.54, 1.807) is 48.4 Å². The Hall–Kier alpha value is -4.02. The van der Waals surface area contributed by atoms with Crippen LogP contribution < -0.4 is 20.3 Å². The fraction of sp³-hybridized carbons (Fsp3) is 0.276. The van der Waals surface area contributed by atoms with Gasteiger partial charge in [-0.15, -0.1) is 11.3 Å². The van der Waals surface area contributed by atoms with Gasteiger partial charge in [0.05, 0.1) is 22.4 Å². The predicted molar refractivity (Wildman–Crippen MR) is 154 cm³/mol. The molecule has 2 N–H and O–H groups in total. The lowest BCUT2D eigenvalue weighted by Gasteiger charge is -2.31. The van der Waals surface area contributed by atoms with Gasteiger partial charge in [-0.3, -0.25) is 9.69 Å². The third-order valence-electron chi connectivity index (χ3n) is 6.82. The van der Waals surface area contributed by atoms with Crippen molar-refractivity contribution in [2.45, 2.75) is 32.7 Å². The maximum Gasteiger partial charge on any atom is 0.331 e. The average Bonchev–Trinajstić information content (AvgIpc) is 3.28. The molecule has 1 fully saturated rings. The van der Waals surface area contributed by atoms with E-state index in [0.717, 1.165) is 43.0 Å². The zero-order chi connectivity index (χ0) is 27.7. The zero-order valence-corrected chi connectivity index (χ0v) is 22.9. The average molecular weight is 548 g/mol. The van der Waals surface area contributed by atoms with Gasteiger partial charge in [0.1, 0.15) is 27.0 Å². The van der Waals surface area contributed by atoms with Crippen molar-refractivity contribution in [1.29, 1.82) is 0 Å². The molecule has 8 nitrogen and oxygen atoms in total. The third kappa shape index (κ3) is 5.30. The van der Waals surface area contributed by atoms with Crippen molar-refractivity contribution >= 4 is 50.6 Å². The summed E-state index contributed by atoms with van der Waals surface area (Å²) in [6, 6.07) is 6.75. The molecule has 5 rings (SSSR count). The summed E-state index contributed by atoms with van der Waals surface area (Å²) in [5, 5.41) is 6.82. The van der Waals surface area contributed by atoms with Crippen molar-refractivity contribution in [3.8, 4) is 5.75 Å². The van der Waals surface area contributed by atoms with Gasteiger partial charge in [0.25, 0.3) is 5.91 Å². The molecule has 0 unspecified atom stereocenters. The van der Waals surface area contributed by atoms with E-state index < -0.39 is 5.83 Å². The second-order valence-corrected chi connectivity index (χ2v) is 10.6. The Kier molecular flexibility index (Phi) is 7.49. The van der Waals surface area contributed by atoms with Crippen LogP contribution in [0.4, 0.5) is 26.2 Å². The quantitative estimate of drug-likeness (QED) is 0.263. The van der Waals surface area contributed by atoms with Crippen molar-refractivity contribution in [3.63, 3.8) is 0 Å². The number of allylic oxidation sites excluding steroid dienone is 4. The molecule has 1 atom stereocenters. The van der Waals surface area contributed by atoms with E-state index in [0.29, 0.717) is 38.3 Å². The van der Waals surface area contributed by atoms with Crippen molar-refractivity contribution in [2.75, 3.05) is 30.4 Å². The molecule has 0 saturated carbocycles. The van der Waals surface area contributed by atoms with Crippen molar-refractivity contribution in [1.82, 2.24) is 15.2 Å². The normalized spacial score (nSPS) is 18.2. The number of carbonyl (C=O) groups excluding carboxylic acids is 2. The number of aromatic nitrogens is 1. The highest BCUT2D eigenvalue weighted by Gasteiger charge is 2.34. The summed E-state index contributed by atoms with van der Waals surface area (Å²) >= 11 is 1.27. The first kappa shape index (κ1) is 26.6. The SMILES string of the molecule is C=C/C(F)=C\C(=C/C)Oc1ccc(N2C(=O)Nc3c(C(=O)N[C@@H]4CCCN(C)C4)sc4nccc2c34)c(C)c1. The first-order chi connectivity index (χ1) is 18.8.